The lowest BCUT2D eigenvalue weighted by atomic mass is 10.1. The highest BCUT2D eigenvalue weighted by atomic mass is 31.2. The summed E-state index contributed by atoms with van der Waals surface area (Å²) in [5.41, 5.74) is 0.786. The number of benzene rings is 2. The van der Waals surface area contributed by atoms with E-state index in [1.54, 1.807) is 13.8 Å². The second-order valence-corrected chi connectivity index (χ2v) is 7.20. The lowest BCUT2D eigenvalue weighted by Gasteiger charge is -2.15. The Balaban J connectivity index is 2.37. The summed E-state index contributed by atoms with van der Waals surface area (Å²) in [6.45, 7) is 5.24. The number of hydrogen-bond acceptors (Lipinski definition) is 3. The van der Waals surface area contributed by atoms with E-state index in [9.17, 15) is 23.1 Å². The first-order valence-electron chi connectivity index (χ1n) is 7.61. The van der Waals surface area contributed by atoms with Crippen molar-refractivity contribution in [2.75, 3.05) is 6.61 Å². The van der Waals surface area contributed by atoms with Crippen LogP contribution in [0.5, 0.6) is 17.2 Å². The lowest BCUT2D eigenvalue weighted by Crippen LogP contribution is -2.07. The summed E-state index contributed by atoms with van der Waals surface area (Å²) in [5, 5.41) is -0.162. The number of rotatable bonds is 6. The summed E-state index contributed by atoms with van der Waals surface area (Å²) in [5.74, 6) is -2.66. The van der Waals surface area contributed by atoms with Crippen molar-refractivity contribution in [3.8, 4) is 17.2 Å². The van der Waals surface area contributed by atoms with Crippen LogP contribution in [0.3, 0.4) is 0 Å². The molecule has 0 aliphatic carbocycles. The van der Waals surface area contributed by atoms with E-state index in [4.69, 9.17) is 9.47 Å². The molecule has 0 bridgehead atoms. The predicted molar refractivity (Wildman–Crippen MR) is 89.8 cm³/mol. The summed E-state index contributed by atoms with van der Waals surface area (Å²) < 4.78 is 50.2. The van der Waals surface area contributed by atoms with Gasteiger partial charge in [0.05, 0.1) is 11.9 Å². The Bertz CT molecular complexity index is 809. The number of aryl methyl sites for hydroxylation is 2. The molecule has 2 rings (SSSR count). The minimum absolute atomic E-state index is 0.162. The first-order valence-corrected chi connectivity index (χ1v) is 9.22. The molecule has 0 fully saturated rings. The SMILES string of the molecule is CCCOc1ccc(Oc2c(C)cc(P(=O)(O)O)cc2C)c(F)c1F. The van der Waals surface area contributed by atoms with E-state index < -0.39 is 19.2 Å². The van der Waals surface area contributed by atoms with Crippen LogP contribution < -0.4 is 14.8 Å². The van der Waals surface area contributed by atoms with Crippen LogP contribution in [0.4, 0.5) is 8.78 Å². The lowest BCUT2D eigenvalue weighted by molar-refractivity contribution is 0.292. The maximum Gasteiger partial charge on any atom is 0.356 e. The van der Waals surface area contributed by atoms with Crippen molar-refractivity contribution in [3.63, 3.8) is 0 Å². The topological polar surface area (TPSA) is 76.0 Å². The maximum absolute atomic E-state index is 14.2. The van der Waals surface area contributed by atoms with Crippen molar-refractivity contribution in [1.29, 1.82) is 0 Å². The van der Waals surface area contributed by atoms with Gasteiger partial charge in [-0.2, -0.15) is 8.78 Å². The van der Waals surface area contributed by atoms with Gasteiger partial charge in [0.15, 0.2) is 11.5 Å². The van der Waals surface area contributed by atoms with Crippen LogP contribution in [-0.4, -0.2) is 16.4 Å². The molecule has 0 saturated heterocycles. The van der Waals surface area contributed by atoms with Crippen LogP contribution >= 0.6 is 7.60 Å². The third-order valence-electron chi connectivity index (χ3n) is 3.47. The summed E-state index contributed by atoms with van der Waals surface area (Å²) in [6.07, 6.45) is 0.656. The van der Waals surface area contributed by atoms with E-state index in [0.717, 1.165) is 0 Å². The Morgan fingerprint density at radius 3 is 2.08 bits per heavy atom. The van der Waals surface area contributed by atoms with Gasteiger partial charge in [-0.05, 0) is 55.7 Å². The highest BCUT2D eigenvalue weighted by molar-refractivity contribution is 7.60. The fourth-order valence-corrected chi connectivity index (χ4v) is 3.01. The van der Waals surface area contributed by atoms with E-state index in [1.165, 1.54) is 24.3 Å². The summed E-state index contributed by atoms with van der Waals surface area (Å²) >= 11 is 0. The number of hydrogen-bond donors (Lipinski definition) is 2. The molecule has 2 N–H and O–H groups in total. The van der Waals surface area contributed by atoms with Crippen molar-refractivity contribution in [3.05, 3.63) is 47.0 Å². The molecule has 0 spiro atoms. The molecule has 0 saturated carbocycles. The zero-order chi connectivity index (χ0) is 18.8. The monoisotopic (exact) mass is 372 g/mol. The molecule has 8 heteroatoms. The molecule has 0 heterocycles. The van der Waals surface area contributed by atoms with Crippen molar-refractivity contribution in [2.45, 2.75) is 27.2 Å². The van der Waals surface area contributed by atoms with Crippen molar-refractivity contribution in [1.82, 2.24) is 0 Å². The van der Waals surface area contributed by atoms with Gasteiger partial charge < -0.3 is 19.3 Å². The standard InChI is InChI=1S/C17H19F2O5P/c1-4-7-23-13-5-6-14(16(19)15(13)18)24-17-10(2)8-12(9-11(17)3)25(20,21)22/h5-6,8-9H,4,7H2,1-3H3,(H2,20,21,22). The average Bonchev–Trinajstić information content (AvgIpc) is 2.52. The molecule has 0 amide bonds. The number of halogens is 2. The van der Waals surface area contributed by atoms with Crippen molar-refractivity contribution >= 4 is 12.9 Å². The van der Waals surface area contributed by atoms with Crippen molar-refractivity contribution < 1.29 is 32.6 Å². The van der Waals surface area contributed by atoms with E-state index in [2.05, 4.69) is 0 Å². The molecule has 2 aromatic carbocycles. The van der Waals surface area contributed by atoms with E-state index in [1.807, 2.05) is 6.92 Å². The molecule has 25 heavy (non-hydrogen) atoms. The Labute approximate surface area is 144 Å². The fraction of sp³-hybridized carbons (Fsp3) is 0.294. The Morgan fingerprint density at radius 2 is 1.56 bits per heavy atom. The molecule has 2 aromatic rings. The second-order valence-electron chi connectivity index (χ2n) is 5.59. The Hall–Kier alpha value is -1.95. The number of ether oxygens (including phenoxy) is 2. The van der Waals surface area contributed by atoms with Crippen LogP contribution in [-0.2, 0) is 4.57 Å². The molecule has 0 atom stereocenters. The zero-order valence-electron chi connectivity index (χ0n) is 14.0. The predicted octanol–water partition coefficient (Wildman–Crippen LogP) is 3.97. The molecule has 136 valence electrons. The molecule has 0 aromatic heterocycles. The molecular weight excluding hydrogens is 353 g/mol. The third kappa shape index (κ3) is 4.37. The van der Waals surface area contributed by atoms with Gasteiger partial charge in [0.2, 0.25) is 11.6 Å². The van der Waals surface area contributed by atoms with Crippen LogP contribution in [0.25, 0.3) is 0 Å². The minimum atomic E-state index is -4.42. The fourth-order valence-electron chi connectivity index (χ4n) is 2.28. The van der Waals surface area contributed by atoms with E-state index >= 15 is 0 Å². The molecule has 0 radical (unpaired) electrons. The smallest absolute Gasteiger partial charge is 0.356 e. The summed E-state index contributed by atoms with van der Waals surface area (Å²) in [6, 6.07) is 5.05. The van der Waals surface area contributed by atoms with Crippen molar-refractivity contribution in [2.24, 2.45) is 0 Å². The van der Waals surface area contributed by atoms with Gasteiger partial charge in [-0.15, -0.1) is 0 Å². The molecule has 0 unspecified atom stereocenters. The molecular formula is C17H19F2O5P. The first kappa shape index (κ1) is 19.4. The quantitative estimate of drug-likeness (QED) is 0.751. The van der Waals surface area contributed by atoms with E-state index in [0.29, 0.717) is 17.5 Å². The minimum Gasteiger partial charge on any atom is -0.490 e. The van der Waals surface area contributed by atoms with Crippen LogP contribution in [0.2, 0.25) is 0 Å². The van der Waals surface area contributed by atoms with Gasteiger partial charge in [-0.1, -0.05) is 6.92 Å². The van der Waals surface area contributed by atoms with Gasteiger partial charge in [0.25, 0.3) is 0 Å². The Kier molecular flexibility index (Phi) is 5.83. The van der Waals surface area contributed by atoms with Gasteiger partial charge >= 0.3 is 7.60 Å². The van der Waals surface area contributed by atoms with Gasteiger partial charge in [-0.25, -0.2) is 0 Å². The normalized spacial score (nSPS) is 11.5. The summed E-state index contributed by atoms with van der Waals surface area (Å²) in [7, 11) is -4.42. The highest BCUT2D eigenvalue weighted by Crippen LogP contribution is 2.38. The summed E-state index contributed by atoms with van der Waals surface area (Å²) in [4.78, 5) is 18.5. The van der Waals surface area contributed by atoms with Gasteiger partial charge in [-0.3, -0.25) is 4.57 Å². The molecule has 0 aliphatic heterocycles. The van der Waals surface area contributed by atoms with Gasteiger partial charge in [0.1, 0.15) is 5.75 Å². The second kappa shape index (κ2) is 7.52. The van der Waals surface area contributed by atoms with Crippen LogP contribution in [0.1, 0.15) is 24.5 Å². The third-order valence-corrected chi connectivity index (χ3v) is 4.40. The Morgan fingerprint density at radius 1 is 1.04 bits per heavy atom. The molecule has 0 aliphatic rings. The molecule has 5 nitrogen and oxygen atoms in total. The highest BCUT2D eigenvalue weighted by Gasteiger charge is 2.22. The largest absolute Gasteiger partial charge is 0.490 e. The van der Waals surface area contributed by atoms with Crippen LogP contribution in [0.15, 0.2) is 24.3 Å². The van der Waals surface area contributed by atoms with Crippen LogP contribution in [0, 0.1) is 25.5 Å². The average molecular weight is 372 g/mol. The maximum atomic E-state index is 14.2. The zero-order valence-corrected chi connectivity index (χ0v) is 14.9. The first-order chi connectivity index (χ1) is 11.6. The van der Waals surface area contributed by atoms with Gasteiger partial charge in [0, 0.05) is 0 Å². The van der Waals surface area contributed by atoms with E-state index in [-0.39, 0.29) is 29.2 Å².